The minimum Gasteiger partial charge on any atom is -0.388 e. The van der Waals surface area contributed by atoms with E-state index in [1.165, 1.54) is 6.07 Å². The molecule has 17 heavy (non-hydrogen) atoms. The van der Waals surface area contributed by atoms with Gasteiger partial charge in [0.15, 0.2) is 0 Å². The molecule has 0 amide bonds. The van der Waals surface area contributed by atoms with Crippen molar-refractivity contribution in [1.82, 2.24) is 0 Å². The second kappa shape index (κ2) is 4.99. The molecule has 1 aliphatic heterocycles. The van der Waals surface area contributed by atoms with Gasteiger partial charge in [0, 0.05) is 11.7 Å². The number of aryl methyl sites for hydroxylation is 1. The fourth-order valence-corrected chi connectivity index (χ4v) is 3.59. The number of thioether (sulfide) groups is 1. The third-order valence-electron chi connectivity index (χ3n) is 3.68. The summed E-state index contributed by atoms with van der Waals surface area (Å²) in [6.45, 7) is 3.99. The van der Waals surface area contributed by atoms with Gasteiger partial charge in [-0.25, -0.2) is 4.39 Å². The van der Waals surface area contributed by atoms with Crippen molar-refractivity contribution in [2.24, 2.45) is 0 Å². The summed E-state index contributed by atoms with van der Waals surface area (Å²) in [5.41, 5.74) is 1.36. The van der Waals surface area contributed by atoms with Gasteiger partial charge >= 0.3 is 0 Å². The zero-order valence-electron chi connectivity index (χ0n) is 10.4. The molecule has 2 atom stereocenters. The van der Waals surface area contributed by atoms with Gasteiger partial charge in [-0.15, -0.1) is 0 Å². The highest BCUT2D eigenvalue weighted by atomic mass is 32.2. The van der Waals surface area contributed by atoms with Crippen molar-refractivity contribution in [3.8, 4) is 0 Å². The van der Waals surface area contributed by atoms with E-state index in [4.69, 9.17) is 0 Å². The molecule has 1 saturated heterocycles. The molecule has 0 radical (unpaired) electrons. The van der Waals surface area contributed by atoms with Crippen LogP contribution in [0.15, 0.2) is 18.2 Å². The molecule has 1 heterocycles. The van der Waals surface area contributed by atoms with E-state index in [1.54, 1.807) is 12.1 Å². The molecule has 1 fully saturated rings. The number of aliphatic hydroxyl groups is 1. The van der Waals surface area contributed by atoms with E-state index in [0.717, 1.165) is 29.7 Å². The average molecular weight is 254 g/mol. The molecule has 0 aliphatic carbocycles. The molecule has 1 aliphatic rings. The van der Waals surface area contributed by atoms with Crippen molar-refractivity contribution in [2.45, 2.75) is 44.0 Å². The van der Waals surface area contributed by atoms with Gasteiger partial charge in [-0.3, -0.25) is 0 Å². The Balaban J connectivity index is 2.19. The summed E-state index contributed by atoms with van der Waals surface area (Å²) in [4.78, 5) is 0. The molecule has 1 nitrogen and oxygen atoms in total. The quantitative estimate of drug-likeness (QED) is 0.873. The van der Waals surface area contributed by atoms with Gasteiger partial charge in [0.2, 0.25) is 0 Å². The highest BCUT2D eigenvalue weighted by molar-refractivity contribution is 8.00. The summed E-state index contributed by atoms with van der Waals surface area (Å²) in [5.74, 6) is 0.926. The standard InChI is InChI=1S/C14H19FOS/c1-10-8-13(15)5-4-12(10)9-14(16)6-3-7-17-11(14)2/h4-5,8,11,16H,3,6-7,9H2,1-2H3. The monoisotopic (exact) mass is 254 g/mol. The van der Waals surface area contributed by atoms with Crippen LogP contribution in [0, 0.1) is 12.7 Å². The maximum absolute atomic E-state index is 13.0. The van der Waals surface area contributed by atoms with Crippen molar-refractivity contribution in [2.75, 3.05) is 5.75 Å². The molecular formula is C14H19FOS. The van der Waals surface area contributed by atoms with E-state index in [9.17, 15) is 9.50 Å². The SMILES string of the molecule is Cc1cc(F)ccc1CC1(O)CCCSC1C. The highest BCUT2D eigenvalue weighted by Crippen LogP contribution is 2.36. The van der Waals surface area contributed by atoms with E-state index in [1.807, 2.05) is 18.7 Å². The van der Waals surface area contributed by atoms with Crippen LogP contribution < -0.4 is 0 Å². The minimum atomic E-state index is -0.633. The lowest BCUT2D eigenvalue weighted by atomic mass is 9.85. The Morgan fingerprint density at radius 3 is 2.94 bits per heavy atom. The first-order valence-corrected chi connectivity index (χ1v) is 7.15. The third-order valence-corrected chi connectivity index (χ3v) is 5.14. The van der Waals surface area contributed by atoms with Crippen LogP contribution in [0.3, 0.4) is 0 Å². The van der Waals surface area contributed by atoms with Crippen molar-refractivity contribution in [3.63, 3.8) is 0 Å². The second-order valence-electron chi connectivity index (χ2n) is 4.97. The maximum atomic E-state index is 13.0. The van der Waals surface area contributed by atoms with E-state index in [-0.39, 0.29) is 11.1 Å². The number of rotatable bonds is 2. The van der Waals surface area contributed by atoms with Gasteiger partial charge in [-0.1, -0.05) is 13.0 Å². The van der Waals surface area contributed by atoms with Crippen LogP contribution in [-0.4, -0.2) is 21.7 Å². The van der Waals surface area contributed by atoms with Gasteiger partial charge in [0.1, 0.15) is 5.82 Å². The van der Waals surface area contributed by atoms with Gasteiger partial charge in [-0.05, 0) is 48.8 Å². The van der Waals surface area contributed by atoms with E-state index >= 15 is 0 Å². The Kier molecular flexibility index (Phi) is 3.79. The molecule has 94 valence electrons. The normalized spacial score (nSPS) is 29.3. The number of halogens is 1. The summed E-state index contributed by atoms with van der Waals surface area (Å²) >= 11 is 1.83. The van der Waals surface area contributed by atoms with Gasteiger partial charge in [0.25, 0.3) is 0 Å². The van der Waals surface area contributed by atoms with E-state index in [0.29, 0.717) is 6.42 Å². The topological polar surface area (TPSA) is 20.2 Å². The van der Waals surface area contributed by atoms with Crippen molar-refractivity contribution in [3.05, 3.63) is 35.1 Å². The Morgan fingerprint density at radius 1 is 1.53 bits per heavy atom. The molecule has 0 saturated carbocycles. The van der Waals surface area contributed by atoms with Gasteiger partial charge in [-0.2, -0.15) is 11.8 Å². The molecule has 2 rings (SSSR count). The van der Waals surface area contributed by atoms with Crippen LogP contribution in [0.25, 0.3) is 0 Å². The summed E-state index contributed by atoms with van der Waals surface area (Å²) in [6.07, 6.45) is 2.54. The average Bonchev–Trinajstić information content (AvgIpc) is 2.27. The van der Waals surface area contributed by atoms with E-state index in [2.05, 4.69) is 6.92 Å². The summed E-state index contributed by atoms with van der Waals surface area (Å²) in [6, 6.07) is 4.82. The highest BCUT2D eigenvalue weighted by Gasteiger charge is 2.36. The third kappa shape index (κ3) is 2.83. The maximum Gasteiger partial charge on any atom is 0.123 e. The van der Waals surface area contributed by atoms with Crippen LogP contribution in [0.4, 0.5) is 4.39 Å². The fraction of sp³-hybridized carbons (Fsp3) is 0.571. The lowest BCUT2D eigenvalue weighted by molar-refractivity contribution is 0.0296. The minimum absolute atomic E-state index is 0.204. The predicted octanol–water partition coefficient (Wildman–Crippen LogP) is 3.32. The lowest BCUT2D eigenvalue weighted by Gasteiger charge is -2.38. The number of benzene rings is 1. The molecular weight excluding hydrogens is 235 g/mol. The molecule has 0 bridgehead atoms. The van der Waals surface area contributed by atoms with E-state index < -0.39 is 5.60 Å². The molecule has 0 spiro atoms. The fourth-order valence-electron chi connectivity index (χ4n) is 2.42. The van der Waals surface area contributed by atoms with Crippen LogP contribution >= 0.6 is 11.8 Å². The Morgan fingerprint density at radius 2 is 2.29 bits per heavy atom. The molecule has 1 aromatic rings. The molecule has 1 aromatic carbocycles. The second-order valence-corrected chi connectivity index (χ2v) is 6.42. The van der Waals surface area contributed by atoms with Crippen LogP contribution in [0.5, 0.6) is 0 Å². The number of hydrogen-bond donors (Lipinski definition) is 1. The van der Waals surface area contributed by atoms with Crippen LogP contribution in [-0.2, 0) is 6.42 Å². The largest absolute Gasteiger partial charge is 0.388 e. The summed E-state index contributed by atoms with van der Waals surface area (Å²) < 4.78 is 13.0. The smallest absolute Gasteiger partial charge is 0.123 e. The Hall–Kier alpha value is -0.540. The first-order chi connectivity index (χ1) is 8.01. The summed E-state index contributed by atoms with van der Waals surface area (Å²) in [7, 11) is 0. The predicted molar refractivity (Wildman–Crippen MR) is 70.9 cm³/mol. The van der Waals surface area contributed by atoms with Gasteiger partial charge < -0.3 is 5.11 Å². The van der Waals surface area contributed by atoms with Crippen LogP contribution in [0.1, 0.15) is 30.9 Å². The summed E-state index contributed by atoms with van der Waals surface area (Å²) in [5, 5.41) is 10.9. The first kappa shape index (κ1) is 12.9. The zero-order chi connectivity index (χ0) is 12.5. The van der Waals surface area contributed by atoms with Crippen molar-refractivity contribution in [1.29, 1.82) is 0 Å². The van der Waals surface area contributed by atoms with Crippen molar-refractivity contribution < 1.29 is 9.50 Å². The molecule has 0 aromatic heterocycles. The Bertz CT molecular complexity index is 407. The lowest BCUT2D eigenvalue weighted by Crippen LogP contribution is -2.43. The van der Waals surface area contributed by atoms with Gasteiger partial charge in [0.05, 0.1) is 5.60 Å². The van der Waals surface area contributed by atoms with Crippen molar-refractivity contribution >= 4 is 11.8 Å². The molecule has 1 N–H and O–H groups in total. The molecule has 2 unspecified atom stereocenters. The zero-order valence-corrected chi connectivity index (χ0v) is 11.2. The molecule has 3 heteroatoms. The first-order valence-electron chi connectivity index (χ1n) is 6.10. The van der Waals surface area contributed by atoms with Crippen LogP contribution in [0.2, 0.25) is 0 Å². The Labute approximate surface area is 106 Å². The number of hydrogen-bond acceptors (Lipinski definition) is 2.